The number of guanidine groups is 1. The van der Waals surface area contributed by atoms with Crippen LogP contribution in [-0.2, 0) is 11.2 Å². The summed E-state index contributed by atoms with van der Waals surface area (Å²) in [5.74, 6) is 4.18. The fraction of sp³-hybridized carbons (Fsp3) is 0.632. The van der Waals surface area contributed by atoms with Gasteiger partial charge in [0.15, 0.2) is 5.96 Å². The number of nitrogens with one attached hydrogen (secondary N) is 2. The number of thioether (sulfide) groups is 1. The van der Waals surface area contributed by atoms with Gasteiger partial charge in [0.1, 0.15) is 5.76 Å². The van der Waals surface area contributed by atoms with Crippen LogP contribution in [-0.4, -0.2) is 48.8 Å². The molecule has 3 heterocycles. The van der Waals surface area contributed by atoms with Crippen LogP contribution < -0.4 is 10.6 Å². The van der Waals surface area contributed by atoms with Crippen LogP contribution in [0.15, 0.2) is 40.0 Å². The predicted molar refractivity (Wildman–Crippen MR) is 104 cm³/mol. The molecule has 0 saturated carbocycles. The molecule has 1 aromatic rings. The summed E-state index contributed by atoms with van der Waals surface area (Å²) in [5.41, 5.74) is 1.14. The van der Waals surface area contributed by atoms with Gasteiger partial charge in [-0.05, 0) is 44.1 Å². The summed E-state index contributed by atoms with van der Waals surface area (Å²) in [6.07, 6.45) is 5.81. The van der Waals surface area contributed by atoms with Crippen LogP contribution >= 0.6 is 11.8 Å². The van der Waals surface area contributed by atoms with Crippen LogP contribution in [0.2, 0.25) is 0 Å². The minimum Gasteiger partial charge on any atom is -0.469 e. The molecular formula is C19H29N3O2S. The van der Waals surface area contributed by atoms with Crippen molar-refractivity contribution in [1.29, 1.82) is 0 Å². The van der Waals surface area contributed by atoms with Gasteiger partial charge in [-0.3, -0.25) is 0 Å². The fourth-order valence-corrected chi connectivity index (χ4v) is 4.71. The zero-order valence-corrected chi connectivity index (χ0v) is 15.9. The molecule has 6 heteroatoms. The second kappa shape index (κ2) is 8.81. The van der Waals surface area contributed by atoms with Gasteiger partial charge in [-0.1, -0.05) is 12.2 Å². The number of hydrogen-bond acceptors (Lipinski definition) is 4. The highest BCUT2D eigenvalue weighted by Gasteiger charge is 2.40. The Hall–Kier alpha value is -1.40. The number of aliphatic imine (C=N–C) groups is 1. The summed E-state index contributed by atoms with van der Waals surface area (Å²) in [5, 5.41) is 7.05. The lowest BCUT2D eigenvalue weighted by Gasteiger charge is -2.38. The van der Waals surface area contributed by atoms with Crippen molar-refractivity contribution in [2.24, 2.45) is 4.99 Å². The average Bonchev–Trinajstić information content (AvgIpc) is 3.25. The highest BCUT2D eigenvalue weighted by molar-refractivity contribution is 7.99. The zero-order valence-electron chi connectivity index (χ0n) is 15.1. The van der Waals surface area contributed by atoms with Crippen LogP contribution in [0, 0.1) is 0 Å². The lowest BCUT2D eigenvalue weighted by atomic mass is 9.90. The lowest BCUT2D eigenvalue weighted by Crippen LogP contribution is -2.51. The van der Waals surface area contributed by atoms with E-state index in [0.717, 1.165) is 55.5 Å². The Kier molecular flexibility index (Phi) is 6.48. The molecule has 1 aromatic heterocycles. The summed E-state index contributed by atoms with van der Waals surface area (Å²) in [7, 11) is 0. The van der Waals surface area contributed by atoms with Gasteiger partial charge in [0.2, 0.25) is 0 Å². The first-order chi connectivity index (χ1) is 12.2. The molecule has 25 heavy (non-hydrogen) atoms. The molecule has 138 valence electrons. The highest BCUT2D eigenvalue weighted by atomic mass is 32.2. The number of hydrogen-bond donors (Lipinski definition) is 2. The first-order valence-electron chi connectivity index (χ1n) is 9.09. The molecule has 1 spiro atoms. The van der Waals surface area contributed by atoms with Crippen LogP contribution in [0.4, 0.5) is 0 Å². The monoisotopic (exact) mass is 363 g/mol. The Balaban J connectivity index is 1.54. The van der Waals surface area contributed by atoms with Crippen molar-refractivity contribution in [1.82, 2.24) is 10.6 Å². The molecule has 0 radical (unpaired) electrons. The van der Waals surface area contributed by atoms with E-state index in [1.54, 1.807) is 6.26 Å². The van der Waals surface area contributed by atoms with E-state index in [2.05, 4.69) is 22.2 Å². The Morgan fingerprint density at radius 3 is 3.16 bits per heavy atom. The van der Waals surface area contributed by atoms with E-state index in [4.69, 9.17) is 9.15 Å². The first kappa shape index (κ1) is 18.4. The summed E-state index contributed by atoms with van der Waals surface area (Å²) < 4.78 is 11.5. The van der Waals surface area contributed by atoms with Crippen molar-refractivity contribution >= 4 is 17.7 Å². The van der Waals surface area contributed by atoms with Gasteiger partial charge in [-0.15, -0.1) is 0 Å². The zero-order chi connectivity index (χ0) is 17.5. The quantitative estimate of drug-likeness (QED) is 0.462. The van der Waals surface area contributed by atoms with E-state index in [1.807, 2.05) is 30.8 Å². The van der Waals surface area contributed by atoms with Crippen LogP contribution in [0.25, 0.3) is 0 Å². The largest absolute Gasteiger partial charge is 0.469 e. The van der Waals surface area contributed by atoms with Gasteiger partial charge in [-0.25, -0.2) is 4.99 Å². The van der Waals surface area contributed by atoms with Crippen LogP contribution in [0.3, 0.4) is 0 Å². The van der Waals surface area contributed by atoms with Crippen molar-refractivity contribution in [3.05, 3.63) is 36.3 Å². The Morgan fingerprint density at radius 2 is 2.44 bits per heavy atom. The molecule has 2 aliphatic rings. The van der Waals surface area contributed by atoms with Crippen molar-refractivity contribution in [2.75, 3.05) is 31.2 Å². The molecule has 2 unspecified atom stereocenters. The van der Waals surface area contributed by atoms with Crippen LogP contribution in [0.1, 0.15) is 31.9 Å². The smallest absolute Gasteiger partial charge is 0.191 e. The van der Waals surface area contributed by atoms with Gasteiger partial charge in [0.05, 0.1) is 18.4 Å². The first-order valence-corrected chi connectivity index (χ1v) is 10.2. The third-order valence-corrected chi connectivity index (χ3v) is 5.87. The number of nitrogens with zero attached hydrogens (tertiary/aromatic N) is 1. The second-order valence-corrected chi connectivity index (χ2v) is 8.15. The SMILES string of the molecule is C=C(C)CN=C(NCCc1ccco1)NC1CCOC2(CCSC2)C1. The van der Waals surface area contributed by atoms with Gasteiger partial charge in [0, 0.05) is 31.4 Å². The molecule has 3 rings (SSSR count). The van der Waals surface area contributed by atoms with Gasteiger partial charge >= 0.3 is 0 Å². The van der Waals surface area contributed by atoms with Gasteiger partial charge < -0.3 is 19.8 Å². The summed E-state index contributed by atoms with van der Waals surface area (Å²) in [6.45, 7) is 8.22. The number of ether oxygens (including phenoxy) is 1. The Morgan fingerprint density at radius 1 is 1.52 bits per heavy atom. The Labute approximate surface area is 154 Å². The minimum absolute atomic E-state index is 0.0776. The predicted octanol–water partition coefficient (Wildman–Crippen LogP) is 2.99. The third-order valence-electron chi connectivity index (χ3n) is 4.65. The highest BCUT2D eigenvalue weighted by Crippen LogP contribution is 2.38. The fourth-order valence-electron chi connectivity index (χ4n) is 3.33. The van der Waals surface area contributed by atoms with Crippen molar-refractivity contribution in [3.8, 4) is 0 Å². The molecular weight excluding hydrogens is 334 g/mol. The number of rotatable bonds is 6. The van der Waals surface area contributed by atoms with Crippen LogP contribution in [0.5, 0.6) is 0 Å². The normalized spacial score (nSPS) is 26.8. The molecule has 0 bridgehead atoms. The maximum Gasteiger partial charge on any atom is 0.191 e. The molecule has 2 N–H and O–H groups in total. The van der Waals surface area contributed by atoms with Crippen molar-refractivity contribution in [2.45, 2.75) is 44.2 Å². The number of furan rings is 1. The maximum atomic E-state index is 6.12. The summed E-state index contributed by atoms with van der Waals surface area (Å²) in [4.78, 5) is 4.67. The van der Waals surface area contributed by atoms with E-state index in [0.29, 0.717) is 12.6 Å². The Bertz CT molecular complexity index is 579. The van der Waals surface area contributed by atoms with E-state index in [9.17, 15) is 0 Å². The van der Waals surface area contributed by atoms with E-state index in [-0.39, 0.29) is 5.60 Å². The lowest BCUT2D eigenvalue weighted by molar-refractivity contribution is -0.0679. The van der Waals surface area contributed by atoms with Crippen molar-refractivity contribution in [3.63, 3.8) is 0 Å². The molecule has 5 nitrogen and oxygen atoms in total. The summed E-state index contributed by atoms with van der Waals surface area (Å²) >= 11 is 2.01. The summed E-state index contributed by atoms with van der Waals surface area (Å²) in [6, 6.07) is 4.33. The van der Waals surface area contributed by atoms with E-state index in [1.165, 1.54) is 12.2 Å². The van der Waals surface area contributed by atoms with E-state index < -0.39 is 0 Å². The molecule has 0 aromatic carbocycles. The van der Waals surface area contributed by atoms with Crippen molar-refractivity contribution < 1.29 is 9.15 Å². The molecule has 2 atom stereocenters. The topological polar surface area (TPSA) is 58.8 Å². The third kappa shape index (κ3) is 5.54. The molecule has 2 fully saturated rings. The molecule has 2 aliphatic heterocycles. The average molecular weight is 364 g/mol. The van der Waals surface area contributed by atoms with Gasteiger partial charge in [0.25, 0.3) is 0 Å². The molecule has 0 aliphatic carbocycles. The minimum atomic E-state index is 0.0776. The second-order valence-electron chi connectivity index (χ2n) is 7.05. The standard InChI is InChI=1S/C19H29N3O2S/c1-15(2)13-21-18(20-8-5-17-4-3-9-23-17)22-16-6-10-24-19(12-16)7-11-25-14-19/h3-4,9,16H,1,5-8,10-14H2,2H3,(H2,20,21,22). The van der Waals surface area contributed by atoms with Gasteiger partial charge in [-0.2, -0.15) is 11.8 Å². The molecule has 2 saturated heterocycles. The maximum absolute atomic E-state index is 6.12. The molecule has 0 amide bonds. The van der Waals surface area contributed by atoms with E-state index >= 15 is 0 Å².